The van der Waals surface area contributed by atoms with E-state index >= 15 is 0 Å². The fourth-order valence-corrected chi connectivity index (χ4v) is 4.01. The number of aliphatic hydroxyl groups is 2. The zero-order chi connectivity index (χ0) is 19.6. The largest absolute Gasteiger partial charge is 0.496 e. The molecule has 0 aliphatic rings. The van der Waals surface area contributed by atoms with Crippen LogP contribution in [0, 0.1) is 10.1 Å². The molecule has 0 fully saturated rings. The lowest BCUT2D eigenvalue weighted by atomic mass is 9.99. The van der Waals surface area contributed by atoms with Gasteiger partial charge in [0.1, 0.15) is 5.75 Å². The van der Waals surface area contributed by atoms with Crippen molar-refractivity contribution in [3.63, 3.8) is 0 Å². The van der Waals surface area contributed by atoms with Crippen LogP contribution in [0.5, 0.6) is 5.75 Å². The molecule has 0 amide bonds. The van der Waals surface area contributed by atoms with E-state index in [0.29, 0.717) is 16.9 Å². The van der Waals surface area contributed by atoms with Crippen LogP contribution in [0.4, 0.5) is 5.69 Å². The number of rotatable bonds is 6. The minimum atomic E-state index is -0.400. The van der Waals surface area contributed by atoms with Crippen molar-refractivity contribution in [1.29, 1.82) is 0 Å². The van der Waals surface area contributed by atoms with E-state index in [2.05, 4.69) is 0 Å². The number of allylic oxidation sites excluding steroid dienone is 1. The van der Waals surface area contributed by atoms with Crippen LogP contribution >= 0.6 is 11.3 Å². The van der Waals surface area contributed by atoms with E-state index in [1.54, 1.807) is 23.5 Å². The lowest BCUT2D eigenvalue weighted by molar-refractivity contribution is -0.384. The molecule has 1 aromatic heterocycles. The van der Waals surface area contributed by atoms with Crippen molar-refractivity contribution in [1.82, 2.24) is 0 Å². The van der Waals surface area contributed by atoms with E-state index in [1.165, 1.54) is 13.2 Å². The fraction of sp³-hybridized carbons (Fsp3) is 0.200. The van der Waals surface area contributed by atoms with Crippen molar-refractivity contribution in [2.75, 3.05) is 7.11 Å². The van der Waals surface area contributed by atoms with Gasteiger partial charge in [-0.05, 0) is 59.4 Å². The first-order valence-electron chi connectivity index (χ1n) is 8.25. The number of non-ortho nitro benzene ring substituents is 1. The van der Waals surface area contributed by atoms with Gasteiger partial charge in [0.05, 0.1) is 25.2 Å². The maximum atomic E-state index is 10.9. The van der Waals surface area contributed by atoms with Gasteiger partial charge in [-0.1, -0.05) is 0 Å². The van der Waals surface area contributed by atoms with Gasteiger partial charge in [-0.15, -0.1) is 11.3 Å². The molecule has 27 heavy (non-hydrogen) atoms. The molecule has 0 spiro atoms. The summed E-state index contributed by atoms with van der Waals surface area (Å²) in [5.74, 6) is 0.527. The Hall–Kier alpha value is -2.74. The monoisotopic (exact) mass is 385 g/mol. The van der Waals surface area contributed by atoms with Gasteiger partial charge < -0.3 is 14.9 Å². The fourth-order valence-electron chi connectivity index (χ4n) is 2.97. The van der Waals surface area contributed by atoms with Gasteiger partial charge in [0.2, 0.25) is 0 Å². The molecule has 1 heterocycles. The summed E-state index contributed by atoms with van der Waals surface area (Å²) in [6, 6.07) is 10.4. The highest BCUT2D eigenvalue weighted by molar-refractivity contribution is 7.19. The van der Waals surface area contributed by atoms with Crippen LogP contribution in [0.15, 0.2) is 36.4 Å². The van der Waals surface area contributed by atoms with E-state index in [1.807, 2.05) is 31.2 Å². The first kappa shape index (κ1) is 19.0. The smallest absolute Gasteiger partial charge is 0.270 e. The van der Waals surface area contributed by atoms with Crippen molar-refractivity contribution in [3.05, 3.63) is 68.1 Å². The minimum Gasteiger partial charge on any atom is -0.496 e. The number of nitrogens with zero attached hydrogens (tertiary/aromatic N) is 1. The van der Waals surface area contributed by atoms with E-state index in [-0.39, 0.29) is 18.9 Å². The van der Waals surface area contributed by atoms with Crippen LogP contribution in [0.3, 0.4) is 0 Å². The van der Waals surface area contributed by atoms with Gasteiger partial charge in [-0.3, -0.25) is 10.1 Å². The van der Waals surface area contributed by atoms with Gasteiger partial charge in [0.15, 0.2) is 0 Å². The number of nitro groups is 1. The third-order valence-electron chi connectivity index (χ3n) is 4.39. The van der Waals surface area contributed by atoms with Crippen molar-refractivity contribution < 1.29 is 19.9 Å². The zero-order valence-corrected chi connectivity index (χ0v) is 15.7. The summed E-state index contributed by atoms with van der Waals surface area (Å²) in [4.78, 5) is 11.5. The molecule has 0 aliphatic heterocycles. The molecular weight excluding hydrogens is 366 g/mol. The Kier molecular flexibility index (Phi) is 5.55. The van der Waals surface area contributed by atoms with Gasteiger partial charge >= 0.3 is 0 Å². The molecule has 2 N–H and O–H groups in total. The molecule has 0 aliphatic carbocycles. The molecule has 0 saturated carbocycles. The second-order valence-electron chi connectivity index (χ2n) is 6.09. The molecule has 0 unspecified atom stereocenters. The third kappa shape index (κ3) is 3.85. The number of ether oxygens (including phenoxy) is 1. The average molecular weight is 385 g/mol. The Morgan fingerprint density at radius 1 is 1.22 bits per heavy atom. The summed E-state index contributed by atoms with van der Waals surface area (Å²) in [5.41, 5.74) is 3.09. The summed E-state index contributed by atoms with van der Waals surface area (Å²) >= 11 is 1.55. The topological polar surface area (TPSA) is 92.8 Å². The summed E-state index contributed by atoms with van der Waals surface area (Å²) < 4.78 is 6.32. The predicted molar refractivity (Wildman–Crippen MR) is 107 cm³/mol. The highest BCUT2D eigenvalue weighted by atomic mass is 32.1. The number of aliphatic hydroxyl groups excluding tert-OH is 2. The van der Waals surface area contributed by atoms with Crippen molar-refractivity contribution >= 4 is 38.8 Å². The highest BCUT2D eigenvalue weighted by Crippen LogP contribution is 2.33. The third-order valence-corrected chi connectivity index (χ3v) is 5.46. The Morgan fingerprint density at radius 3 is 2.63 bits per heavy atom. The van der Waals surface area contributed by atoms with E-state index in [4.69, 9.17) is 4.74 Å². The minimum absolute atomic E-state index is 0.0736. The molecule has 7 heteroatoms. The maximum Gasteiger partial charge on any atom is 0.270 e. The molecule has 0 atom stereocenters. The van der Waals surface area contributed by atoms with Crippen LogP contribution < -0.4 is 4.74 Å². The molecule has 6 nitrogen and oxygen atoms in total. The second-order valence-corrected chi connectivity index (χ2v) is 7.20. The van der Waals surface area contributed by atoms with Crippen LogP contribution in [0.1, 0.15) is 28.5 Å². The van der Waals surface area contributed by atoms with E-state index in [0.717, 1.165) is 26.1 Å². The Balaban J connectivity index is 2.02. The summed E-state index contributed by atoms with van der Waals surface area (Å²) in [7, 11) is 1.53. The van der Waals surface area contributed by atoms with Gasteiger partial charge in [-0.25, -0.2) is 0 Å². The Bertz CT molecular complexity index is 1010. The van der Waals surface area contributed by atoms with Crippen molar-refractivity contribution in [2.24, 2.45) is 0 Å². The van der Waals surface area contributed by atoms with Gasteiger partial charge in [0, 0.05) is 27.3 Å². The first-order chi connectivity index (χ1) is 13.0. The van der Waals surface area contributed by atoms with Gasteiger partial charge in [0.25, 0.3) is 5.69 Å². The number of methoxy groups -OCH3 is 1. The molecule has 3 rings (SSSR count). The SMILES string of the molecule is COc1cc(/C(C)=C\c2cc3cc([N+](=O)[O-])ccc3s2)cc(CO)c1CO. The highest BCUT2D eigenvalue weighted by Gasteiger charge is 2.12. The van der Waals surface area contributed by atoms with Crippen LogP contribution in [0.25, 0.3) is 21.7 Å². The van der Waals surface area contributed by atoms with Gasteiger partial charge in [-0.2, -0.15) is 0 Å². The van der Waals surface area contributed by atoms with Crippen LogP contribution in [0.2, 0.25) is 0 Å². The first-order valence-corrected chi connectivity index (χ1v) is 9.06. The maximum absolute atomic E-state index is 10.9. The summed E-state index contributed by atoms with van der Waals surface area (Å²) in [6.07, 6.45) is 1.99. The standard InChI is InChI=1S/C20H19NO5S/c1-12(13-6-15(10-22)18(11-23)19(9-13)26-2)5-17-8-14-7-16(21(24)25)3-4-20(14)27-17/h3-9,22-23H,10-11H2,1-2H3/b12-5-. The Morgan fingerprint density at radius 2 is 2.00 bits per heavy atom. The van der Waals surface area contributed by atoms with Crippen LogP contribution in [-0.4, -0.2) is 22.2 Å². The van der Waals surface area contributed by atoms with Crippen molar-refractivity contribution in [2.45, 2.75) is 20.1 Å². The Labute approximate surface area is 160 Å². The molecule has 140 valence electrons. The average Bonchev–Trinajstić information content (AvgIpc) is 3.07. The van der Waals surface area contributed by atoms with Crippen LogP contribution in [-0.2, 0) is 13.2 Å². The zero-order valence-electron chi connectivity index (χ0n) is 14.9. The number of thiophene rings is 1. The quantitative estimate of drug-likeness (QED) is 0.486. The normalized spacial score (nSPS) is 11.8. The molecule has 3 aromatic rings. The molecule has 2 aromatic carbocycles. The number of hydrogen-bond donors (Lipinski definition) is 2. The summed E-state index contributed by atoms with van der Waals surface area (Å²) in [6.45, 7) is 1.54. The molecular formula is C20H19NO5S. The molecule has 0 bridgehead atoms. The number of fused-ring (bicyclic) bond motifs is 1. The predicted octanol–water partition coefficient (Wildman–Crippen LogP) is 4.36. The van der Waals surface area contributed by atoms with E-state index in [9.17, 15) is 20.3 Å². The lowest BCUT2D eigenvalue weighted by Gasteiger charge is -2.14. The van der Waals surface area contributed by atoms with Crippen molar-refractivity contribution in [3.8, 4) is 5.75 Å². The molecule has 0 radical (unpaired) electrons. The molecule has 0 saturated heterocycles. The van der Waals surface area contributed by atoms with E-state index < -0.39 is 4.92 Å². The second kappa shape index (κ2) is 7.87. The summed E-state index contributed by atoms with van der Waals surface area (Å²) in [5, 5.41) is 30.9. The number of benzene rings is 2. The number of hydrogen-bond acceptors (Lipinski definition) is 6. The lowest BCUT2D eigenvalue weighted by Crippen LogP contribution is -2.00. The number of nitro benzene ring substituents is 1.